The van der Waals surface area contributed by atoms with Gasteiger partial charge in [0, 0.05) is 50.3 Å². The van der Waals surface area contributed by atoms with Gasteiger partial charge in [0.05, 0.1) is 24.2 Å². The Hall–Kier alpha value is -3.63. The van der Waals surface area contributed by atoms with Gasteiger partial charge in [-0.3, -0.25) is 14.5 Å². The van der Waals surface area contributed by atoms with Crippen molar-refractivity contribution in [2.75, 3.05) is 50.6 Å². The van der Waals surface area contributed by atoms with Crippen molar-refractivity contribution in [3.63, 3.8) is 0 Å². The van der Waals surface area contributed by atoms with E-state index < -0.39 is 11.2 Å². The number of aliphatic imine (C=N–C) groups is 1. The van der Waals surface area contributed by atoms with Gasteiger partial charge >= 0.3 is 6.03 Å². The monoisotopic (exact) mass is 565 g/mol. The number of rotatable bonds is 11. The van der Waals surface area contributed by atoms with Gasteiger partial charge in [0.25, 0.3) is 0 Å². The first-order valence-electron chi connectivity index (χ1n) is 13.4. The zero-order chi connectivity index (χ0) is 29.4. The van der Waals surface area contributed by atoms with Gasteiger partial charge in [-0.1, -0.05) is 43.2 Å². The van der Waals surface area contributed by atoms with E-state index in [9.17, 15) is 18.9 Å². The summed E-state index contributed by atoms with van der Waals surface area (Å²) < 4.78 is 11.5. The number of benzene rings is 2. The molecular weight excluding hydrogens is 526 g/mol. The van der Waals surface area contributed by atoms with E-state index in [2.05, 4.69) is 18.8 Å². The van der Waals surface area contributed by atoms with E-state index in [1.807, 2.05) is 35.2 Å². The van der Waals surface area contributed by atoms with Crippen LogP contribution >= 0.6 is 0 Å². The molecule has 3 rings (SSSR count). The molecule has 1 unspecified atom stereocenters. The topological polar surface area (TPSA) is 122 Å². The Morgan fingerprint density at radius 3 is 2.33 bits per heavy atom. The number of carbonyl (C=O) groups excluding carboxylic acids is 3. The number of aldehydes is 1. The molecule has 1 atom stereocenters. The van der Waals surface area contributed by atoms with E-state index in [0.29, 0.717) is 53.7 Å². The number of amidine groups is 1. The minimum atomic E-state index is -1.02. The van der Waals surface area contributed by atoms with Crippen LogP contribution in [-0.2, 0) is 16.0 Å². The van der Waals surface area contributed by atoms with Crippen LogP contribution in [-0.4, -0.2) is 84.2 Å². The molecule has 1 aliphatic rings. The van der Waals surface area contributed by atoms with Gasteiger partial charge in [0.15, 0.2) is 6.29 Å². The molecule has 2 aromatic carbocycles. The normalized spacial score (nSPS) is 13.3. The average Bonchev–Trinajstić information content (AvgIpc) is 3.11. The fraction of sp³-hybridized carbons (Fsp3) is 0.400. The lowest BCUT2D eigenvalue weighted by Gasteiger charge is -2.26. The predicted octanol–water partition coefficient (Wildman–Crippen LogP) is 4.46. The van der Waals surface area contributed by atoms with Crippen molar-refractivity contribution in [1.82, 2.24) is 9.80 Å². The van der Waals surface area contributed by atoms with Gasteiger partial charge in [0.2, 0.25) is 5.91 Å². The molecule has 0 aliphatic carbocycles. The third kappa shape index (κ3) is 7.51. The van der Waals surface area contributed by atoms with Crippen molar-refractivity contribution in [1.29, 1.82) is 0 Å². The third-order valence-electron chi connectivity index (χ3n) is 6.72. The minimum absolute atomic E-state index is 0.0179. The zero-order valence-electron chi connectivity index (χ0n) is 24.0. The summed E-state index contributed by atoms with van der Waals surface area (Å²) in [4.78, 5) is 47.5. The summed E-state index contributed by atoms with van der Waals surface area (Å²) in [5.41, 5.74) is 10.8. The molecule has 0 saturated carbocycles. The first-order chi connectivity index (χ1) is 19.1. The Morgan fingerprint density at radius 2 is 1.70 bits per heavy atom. The molecule has 1 aliphatic heterocycles. The fourth-order valence-corrected chi connectivity index (χ4v) is 5.13. The molecule has 0 aromatic heterocycles. The number of carbonyl (C=O) groups is 3. The number of urea groups is 1. The third-order valence-corrected chi connectivity index (χ3v) is 7.48. The van der Waals surface area contributed by atoms with E-state index in [1.165, 1.54) is 9.80 Å². The highest BCUT2D eigenvalue weighted by Gasteiger charge is 2.22. The minimum Gasteiger partial charge on any atom is -0.617 e. The van der Waals surface area contributed by atoms with Gasteiger partial charge < -0.3 is 20.1 Å². The van der Waals surface area contributed by atoms with Crippen molar-refractivity contribution in [2.24, 2.45) is 10.7 Å². The maximum atomic E-state index is 13.3. The molecular formula is C30H39N5O4S. The SMILES string of the molecule is CCCN(CCC)C(=O)C1=Cc2ccc(-c3ccc(C=O)c(N(C)C(=O)N(C)CC[S+](C)[O-])c3)cc2N=C(N)C1. The summed E-state index contributed by atoms with van der Waals surface area (Å²) in [5.74, 6) is 0.712. The van der Waals surface area contributed by atoms with Gasteiger partial charge in [0.1, 0.15) is 11.6 Å². The van der Waals surface area contributed by atoms with Crippen LogP contribution in [0.1, 0.15) is 49.0 Å². The Labute approximate surface area is 239 Å². The van der Waals surface area contributed by atoms with Gasteiger partial charge in [-0.25, -0.2) is 9.79 Å². The Kier molecular flexibility index (Phi) is 10.9. The molecule has 0 bridgehead atoms. The molecule has 0 fully saturated rings. The number of nitrogens with two attached hydrogens (primary N) is 1. The van der Waals surface area contributed by atoms with E-state index in [-0.39, 0.29) is 18.4 Å². The zero-order valence-corrected chi connectivity index (χ0v) is 24.8. The first kappa shape index (κ1) is 30.9. The molecule has 1 heterocycles. The molecule has 40 heavy (non-hydrogen) atoms. The van der Waals surface area contributed by atoms with Gasteiger partial charge in [-0.15, -0.1) is 0 Å². The molecule has 0 radical (unpaired) electrons. The molecule has 9 nitrogen and oxygen atoms in total. The lowest BCUT2D eigenvalue weighted by Crippen LogP contribution is -2.41. The van der Waals surface area contributed by atoms with E-state index in [4.69, 9.17) is 5.73 Å². The Morgan fingerprint density at radius 1 is 1.05 bits per heavy atom. The van der Waals surface area contributed by atoms with Crippen LogP contribution in [0.15, 0.2) is 47.0 Å². The van der Waals surface area contributed by atoms with Crippen molar-refractivity contribution >= 4 is 52.7 Å². The maximum Gasteiger partial charge on any atom is 0.324 e. The van der Waals surface area contributed by atoms with E-state index in [1.54, 1.807) is 32.5 Å². The second-order valence-corrected chi connectivity index (χ2v) is 11.5. The molecule has 2 N–H and O–H groups in total. The highest BCUT2D eigenvalue weighted by molar-refractivity contribution is 7.90. The van der Waals surface area contributed by atoms with Crippen LogP contribution in [0.4, 0.5) is 16.2 Å². The number of hydrogen-bond donors (Lipinski definition) is 1. The van der Waals surface area contributed by atoms with Gasteiger partial charge in [-0.2, -0.15) is 0 Å². The molecule has 0 spiro atoms. The molecule has 10 heteroatoms. The molecule has 3 amide bonds. The first-order valence-corrected chi connectivity index (χ1v) is 15.2. The number of amides is 3. The number of fused-ring (bicyclic) bond motifs is 1. The second-order valence-electron chi connectivity index (χ2n) is 9.95. The van der Waals surface area contributed by atoms with E-state index in [0.717, 1.165) is 35.8 Å². The smallest absolute Gasteiger partial charge is 0.324 e. The van der Waals surface area contributed by atoms with Crippen molar-refractivity contribution in [3.8, 4) is 11.1 Å². The number of nitrogens with zero attached hydrogens (tertiary/aromatic N) is 4. The number of anilines is 1. The van der Waals surface area contributed by atoms with Crippen LogP contribution in [0.5, 0.6) is 0 Å². The van der Waals surface area contributed by atoms with Crippen molar-refractivity contribution in [3.05, 3.63) is 53.1 Å². The standard InChI is InChI=1S/C30H39N5O4S/c1-6-12-35(13-7-2)29(37)25-16-23-10-8-21(17-26(23)32-28(31)19-25)22-9-11-24(20-36)27(18-22)34(4)30(38)33(3)14-15-40(5)39/h8-11,16-18,20H,6-7,12-15,19H2,1-5H3,(H2,31,32). The van der Waals surface area contributed by atoms with Crippen molar-refractivity contribution < 1.29 is 18.9 Å². The second kappa shape index (κ2) is 14.1. The summed E-state index contributed by atoms with van der Waals surface area (Å²) in [6.45, 7) is 5.82. The van der Waals surface area contributed by atoms with Crippen LogP contribution in [0.2, 0.25) is 0 Å². The quantitative estimate of drug-likeness (QED) is 0.318. The van der Waals surface area contributed by atoms with Crippen LogP contribution < -0.4 is 10.6 Å². The maximum absolute atomic E-state index is 13.3. The summed E-state index contributed by atoms with van der Waals surface area (Å²) in [7, 11) is 3.25. The van der Waals surface area contributed by atoms with Crippen molar-refractivity contribution in [2.45, 2.75) is 33.1 Å². The van der Waals surface area contributed by atoms with Crippen LogP contribution in [0, 0.1) is 0 Å². The van der Waals surface area contributed by atoms with Gasteiger partial charge in [-0.05, 0) is 48.2 Å². The summed E-state index contributed by atoms with van der Waals surface area (Å²) in [6, 6.07) is 10.7. The van der Waals surface area contributed by atoms with Crippen LogP contribution in [0.3, 0.4) is 0 Å². The molecule has 2 aromatic rings. The largest absolute Gasteiger partial charge is 0.617 e. The highest BCUT2D eigenvalue weighted by Crippen LogP contribution is 2.34. The lowest BCUT2D eigenvalue weighted by atomic mass is 9.99. The lowest BCUT2D eigenvalue weighted by molar-refractivity contribution is -0.127. The highest BCUT2D eigenvalue weighted by atomic mass is 32.2. The van der Waals surface area contributed by atoms with E-state index >= 15 is 0 Å². The Balaban J connectivity index is 1.95. The fourth-order valence-electron chi connectivity index (χ4n) is 4.60. The predicted molar refractivity (Wildman–Crippen MR) is 164 cm³/mol. The summed E-state index contributed by atoms with van der Waals surface area (Å²) in [6.07, 6.45) is 6.22. The average molecular weight is 566 g/mol. The Bertz CT molecular complexity index is 1300. The summed E-state index contributed by atoms with van der Waals surface area (Å²) >= 11 is -1.02. The van der Waals surface area contributed by atoms with Crippen LogP contribution in [0.25, 0.3) is 17.2 Å². The molecule has 0 saturated heterocycles. The molecule has 214 valence electrons. The number of hydrogen-bond acceptors (Lipinski definition) is 6. The summed E-state index contributed by atoms with van der Waals surface area (Å²) in [5, 5.41) is 0.